The van der Waals surface area contributed by atoms with Crippen molar-refractivity contribution < 1.29 is 19.0 Å². The number of hydrogen-bond donors (Lipinski definition) is 1. The molecule has 3 rings (SSSR count). The average molecular weight is 343 g/mol. The van der Waals surface area contributed by atoms with Crippen molar-refractivity contribution >= 4 is 6.09 Å². The Morgan fingerprint density at radius 3 is 2.76 bits per heavy atom. The number of likely N-dealkylation sites (tertiary alicyclic amines) is 1. The second kappa shape index (κ2) is 7.66. The molecule has 1 aliphatic rings. The minimum Gasteiger partial charge on any atom is -0.445 e. The zero-order valence-electron chi connectivity index (χ0n) is 14.2. The van der Waals surface area contributed by atoms with Crippen molar-refractivity contribution in [1.29, 1.82) is 0 Å². The zero-order chi connectivity index (χ0) is 17.8. The van der Waals surface area contributed by atoms with Crippen LogP contribution in [0.1, 0.15) is 35.6 Å². The number of benzene rings is 2. The third-order valence-corrected chi connectivity index (χ3v) is 4.61. The Morgan fingerprint density at radius 1 is 1.28 bits per heavy atom. The first-order chi connectivity index (χ1) is 12.0. The molecule has 25 heavy (non-hydrogen) atoms. The maximum Gasteiger partial charge on any atom is 0.410 e. The summed E-state index contributed by atoms with van der Waals surface area (Å²) in [5.41, 5.74) is 2.53. The fraction of sp³-hybridized carbons (Fsp3) is 0.350. The minimum absolute atomic E-state index is 0.202. The summed E-state index contributed by atoms with van der Waals surface area (Å²) in [5.74, 6) is -0.309. The van der Waals surface area contributed by atoms with Crippen LogP contribution in [0.3, 0.4) is 0 Å². The van der Waals surface area contributed by atoms with Gasteiger partial charge in [0.2, 0.25) is 0 Å². The summed E-state index contributed by atoms with van der Waals surface area (Å²) < 4.78 is 18.9. The summed E-state index contributed by atoms with van der Waals surface area (Å²) in [6.07, 6.45) is 0.0430. The number of amides is 1. The third kappa shape index (κ3) is 4.17. The number of nitrogens with zero attached hydrogens (tertiary/aromatic N) is 1. The molecule has 5 heteroatoms. The van der Waals surface area contributed by atoms with E-state index >= 15 is 0 Å². The van der Waals surface area contributed by atoms with E-state index in [2.05, 4.69) is 0 Å². The number of aryl methyl sites for hydroxylation is 1. The highest BCUT2D eigenvalue weighted by molar-refractivity contribution is 5.68. The number of halogens is 1. The predicted molar refractivity (Wildman–Crippen MR) is 92.5 cm³/mol. The largest absolute Gasteiger partial charge is 0.445 e. The zero-order valence-corrected chi connectivity index (χ0v) is 14.2. The Bertz CT molecular complexity index is 735. The van der Waals surface area contributed by atoms with Gasteiger partial charge in [-0.3, -0.25) is 0 Å². The van der Waals surface area contributed by atoms with Crippen LogP contribution in [0.4, 0.5) is 9.18 Å². The van der Waals surface area contributed by atoms with Crippen molar-refractivity contribution in [2.45, 2.75) is 38.5 Å². The molecule has 1 aliphatic heterocycles. The number of carbonyl (C=O) groups excluding carboxylic acids is 1. The molecule has 0 bridgehead atoms. The van der Waals surface area contributed by atoms with E-state index < -0.39 is 12.2 Å². The molecule has 0 radical (unpaired) electrons. The first kappa shape index (κ1) is 17.4. The van der Waals surface area contributed by atoms with Crippen LogP contribution in [0.2, 0.25) is 0 Å². The third-order valence-electron chi connectivity index (χ3n) is 4.61. The molecule has 2 atom stereocenters. The Morgan fingerprint density at radius 2 is 2.04 bits per heavy atom. The van der Waals surface area contributed by atoms with Crippen LogP contribution in [0.15, 0.2) is 48.5 Å². The van der Waals surface area contributed by atoms with E-state index in [0.29, 0.717) is 19.4 Å². The lowest BCUT2D eigenvalue weighted by molar-refractivity contribution is 0.0258. The van der Waals surface area contributed by atoms with E-state index in [4.69, 9.17) is 4.74 Å². The molecule has 2 aromatic carbocycles. The number of hydrogen-bond acceptors (Lipinski definition) is 3. The molecule has 2 aromatic rings. The van der Waals surface area contributed by atoms with Crippen molar-refractivity contribution in [2.24, 2.45) is 0 Å². The van der Waals surface area contributed by atoms with Crippen LogP contribution in [0.5, 0.6) is 0 Å². The van der Waals surface area contributed by atoms with Gasteiger partial charge in [-0.25, -0.2) is 9.18 Å². The van der Waals surface area contributed by atoms with Gasteiger partial charge in [0, 0.05) is 6.54 Å². The van der Waals surface area contributed by atoms with Crippen LogP contribution in [-0.4, -0.2) is 28.7 Å². The Kier molecular flexibility index (Phi) is 5.34. The first-order valence-corrected chi connectivity index (χ1v) is 8.46. The van der Waals surface area contributed by atoms with E-state index in [1.54, 1.807) is 11.0 Å². The quantitative estimate of drug-likeness (QED) is 0.917. The lowest BCUT2D eigenvalue weighted by Crippen LogP contribution is -2.43. The summed E-state index contributed by atoms with van der Waals surface area (Å²) >= 11 is 0. The van der Waals surface area contributed by atoms with Crippen molar-refractivity contribution in [1.82, 2.24) is 4.90 Å². The maximum absolute atomic E-state index is 13.4. The number of carbonyl (C=O) groups is 1. The minimum atomic E-state index is -0.479. The molecule has 0 aliphatic carbocycles. The van der Waals surface area contributed by atoms with Gasteiger partial charge in [-0.1, -0.05) is 36.4 Å². The van der Waals surface area contributed by atoms with Crippen molar-refractivity contribution in [3.8, 4) is 0 Å². The van der Waals surface area contributed by atoms with Crippen LogP contribution < -0.4 is 0 Å². The van der Waals surface area contributed by atoms with Crippen LogP contribution in [0, 0.1) is 12.7 Å². The average Bonchev–Trinajstić information content (AvgIpc) is 2.60. The van der Waals surface area contributed by atoms with Gasteiger partial charge < -0.3 is 14.7 Å². The molecule has 1 N–H and O–H groups in total. The lowest BCUT2D eigenvalue weighted by Gasteiger charge is -2.38. The monoisotopic (exact) mass is 343 g/mol. The highest BCUT2D eigenvalue weighted by Gasteiger charge is 2.33. The van der Waals surface area contributed by atoms with Gasteiger partial charge >= 0.3 is 6.09 Å². The first-order valence-electron chi connectivity index (χ1n) is 8.46. The van der Waals surface area contributed by atoms with Gasteiger partial charge in [0.05, 0.1) is 12.1 Å². The number of piperidine rings is 1. The Labute approximate surface area is 146 Å². The molecule has 2 unspecified atom stereocenters. The molecule has 0 saturated carbocycles. The van der Waals surface area contributed by atoms with Crippen molar-refractivity contribution in [3.05, 3.63) is 71.0 Å². The molecular formula is C20H22FNO3. The predicted octanol–water partition coefficient (Wildman–Crippen LogP) is 3.97. The summed E-state index contributed by atoms with van der Waals surface area (Å²) in [5, 5.41) is 10.0. The second-order valence-electron chi connectivity index (χ2n) is 6.43. The molecule has 132 valence electrons. The van der Waals surface area contributed by atoms with Gasteiger partial charge in [-0.05, 0) is 48.6 Å². The van der Waals surface area contributed by atoms with E-state index in [1.807, 2.05) is 37.3 Å². The van der Waals surface area contributed by atoms with Crippen LogP contribution in [-0.2, 0) is 11.3 Å². The Balaban J connectivity index is 1.76. The molecule has 0 aromatic heterocycles. The van der Waals surface area contributed by atoms with Crippen molar-refractivity contribution in [2.75, 3.05) is 6.54 Å². The highest BCUT2D eigenvalue weighted by Crippen LogP contribution is 2.33. The summed E-state index contributed by atoms with van der Waals surface area (Å²) in [6.45, 7) is 2.43. The molecule has 0 spiro atoms. The number of aliphatic hydroxyl groups excluding tert-OH is 1. The SMILES string of the molecule is Cc1cc(F)ccc1C1CC(O)CCN1C(=O)OCc1ccccc1. The van der Waals surface area contributed by atoms with Gasteiger partial charge in [-0.2, -0.15) is 0 Å². The lowest BCUT2D eigenvalue weighted by atomic mass is 9.91. The van der Waals surface area contributed by atoms with Crippen molar-refractivity contribution in [3.63, 3.8) is 0 Å². The topological polar surface area (TPSA) is 49.8 Å². The van der Waals surface area contributed by atoms with E-state index in [9.17, 15) is 14.3 Å². The van der Waals surface area contributed by atoms with Gasteiger partial charge in [0.15, 0.2) is 0 Å². The highest BCUT2D eigenvalue weighted by atomic mass is 19.1. The van der Waals surface area contributed by atoms with E-state index in [0.717, 1.165) is 16.7 Å². The fourth-order valence-corrected chi connectivity index (χ4v) is 3.28. The number of ether oxygens (including phenoxy) is 1. The standard InChI is InChI=1S/C20H22FNO3/c1-14-11-16(21)7-8-18(14)19-12-17(23)9-10-22(19)20(24)25-13-15-5-3-2-4-6-15/h2-8,11,17,19,23H,9-10,12-13H2,1H3. The van der Waals surface area contributed by atoms with E-state index in [1.165, 1.54) is 12.1 Å². The molecule has 1 saturated heterocycles. The summed E-state index contributed by atoms with van der Waals surface area (Å²) in [7, 11) is 0. The maximum atomic E-state index is 13.4. The van der Waals surface area contributed by atoms with Gasteiger partial charge in [0.1, 0.15) is 12.4 Å². The summed E-state index contributed by atoms with van der Waals surface area (Å²) in [6, 6.07) is 13.7. The normalized spacial score (nSPS) is 20.4. The smallest absolute Gasteiger partial charge is 0.410 e. The number of rotatable bonds is 3. The Hall–Kier alpha value is -2.40. The molecular weight excluding hydrogens is 321 g/mol. The van der Waals surface area contributed by atoms with Crippen LogP contribution in [0.25, 0.3) is 0 Å². The second-order valence-corrected chi connectivity index (χ2v) is 6.43. The fourth-order valence-electron chi connectivity index (χ4n) is 3.28. The van der Waals surface area contributed by atoms with Gasteiger partial charge in [-0.15, -0.1) is 0 Å². The molecule has 1 heterocycles. The molecule has 4 nitrogen and oxygen atoms in total. The summed E-state index contributed by atoms with van der Waals surface area (Å²) in [4.78, 5) is 14.2. The van der Waals surface area contributed by atoms with Crippen LogP contribution >= 0.6 is 0 Å². The number of aliphatic hydroxyl groups is 1. The van der Waals surface area contributed by atoms with E-state index in [-0.39, 0.29) is 18.5 Å². The van der Waals surface area contributed by atoms with Gasteiger partial charge in [0.25, 0.3) is 0 Å². The molecule has 1 amide bonds. The molecule has 1 fully saturated rings.